The van der Waals surface area contributed by atoms with Crippen LogP contribution in [-0.4, -0.2) is 21.9 Å². The van der Waals surface area contributed by atoms with E-state index in [2.05, 4.69) is 39.0 Å². The van der Waals surface area contributed by atoms with E-state index in [4.69, 9.17) is 4.74 Å². The van der Waals surface area contributed by atoms with Crippen molar-refractivity contribution in [1.29, 1.82) is 0 Å². The molecule has 4 rings (SSSR count). The maximum absolute atomic E-state index is 9.79. The van der Waals surface area contributed by atoms with Crippen molar-refractivity contribution in [1.82, 2.24) is 0 Å². The Labute approximate surface area is 152 Å². The highest BCUT2D eigenvalue weighted by Crippen LogP contribution is 2.43. The number of hydrogen-bond donors (Lipinski definition) is 3. The average Bonchev–Trinajstić information content (AvgIpc) is 3.01. The van der Waals surface area contributed by atoms with Gasteiger partial charge in [-0.1, -0.05) is 13.0 Å². The van der Waals surface area contributed by atoms with E-state index in [1.807, 2.05) is 0 Å². The van der Waals surface area contributed by atoms with Crippen molar-refractivity contribution in [3.8, 4) is 34.1 Å². The number of phenols is 3. The molecule has 1 aromatic rings. The number of benzene rings is 1. The quantitative estimate of drug-likeness (QED) is 0.590. The van der Waals surface area contributed by atoms with Crippen molar-refractivity contribution in [3.63, 3.8) is 0 Å². The second-order valence-corrected chi connectivity index (χ2v) is 7.30. The minimum absolute atomic E-state index is 0.309. The van der Waals surface area contributed by atoms with Gasteiger partial charge in [-0.2, -0.15) is 0 Å². The lowest BCUT2D eigenvalue weighted by Crippen LogP contribution is -1.95. The van der Waals surface area contributed by atoms with Crippen LogP contribution in [0.5, 0.6) is 23.0 Å². The van der Waals surface area contributed by atoms with Gasteiger partial charge in [-0.25, -0.2) is 0 Å². The molecule has 2 aliphatic carbocycles. The lowest BCUT2D eigenvalue weighted by molar-refractivity contribution is 0.337. The van der Waals surface area contributed by atoms with Crippen molar-refractivity contribution in [2.75, 3.05) is 6.61 Å². The lowest BCUT2D eigenvalue weighted by Gasteiger charge is -2.08. The molecule has 0 bridgehead atoms. The molecule has 4 nitrogen and oxygen atoms in total. The second-order valence-electron chi connectivity index (χ2n) is 7.30. The molecule has 1 unspecified atom stereocenters. The zero-order valence-electron chi connectivity index (χ0n) is 15.1. The summed E-state index contributed by atoms with van der Waals surface area (Å²) in [5.74, 6) is 0.231. The van der Waals surface area contributed by atoms with Crippen molar-refractivity contribution in [2.45, 2.75) is 33.1 Å². The summed E-state index contributed by atoms with van der Waals surface area (Å²) in [6, 6.07) is 9.49. The average molecular weight is 350 g/mol. The summed E-state index contributed by atoms with van der Waals surface area (Å²) < 4.78 is 5.84. The molecular formula is C22H22O4. The topological polar surface area (TPSA) is 69.9 Å². The number of hydrogen-bond acceptors (Lipinski definition) is 4. The number of aryl methyl sites for hydroxylation is 2. The first-order valence-corrected chi connectivity index (χ1v) is 8.78. The van der Waals surface area contributed by atoms with Gasteiger partial charge in [0.1, 0.15) is 5.75 Å². The summed E-state index contributed by atoms with van der Waals surface area (Å²) in [5, 5.41) is 29.1. The van der Waals surface area contributed by atoms with E-state index in [1.165, 1.54) is 34.4 Å². The summed E-state index contributed by atoms with van der Waals surface area (Å²) >= 11 is 0. The molecule has 3 aliphatic rings. The second kappa shape index (κ2) is 5.84. The minimum Gasteiger partial charge on any atom is -0.504 e. The van der Waals surface area contributed by atoms with E-state index in [0.29, 0.717) is 12.3 Å². The number of aromatic hydroxyl groups is 3. The lowest BCUT2D eigenvalue weighted by atomic mass is 9.97. The van der Waals surface area contributed by atoms with Gasteiger partial charge in [0, 0.05) is 11.5 Å². The first-order chi connectivity index (χ1) is 12.3. The highest BCUT2D eigenvalue weighted by Gasteiger charge is 2.24. The van der Waals surface area contributed by atoms with Gasteiger partial charge in [-0.15, -0.1) is 0 Å². The van der Waals surface area contributed by atoms with E-state index in [9.17, 15) is 15.3 Å². The number of rotatable bonds is 2. The first-order valence-electron chi connectivity index (χ1n) is 8.78. The fraction of sp³-hybridized carbons (Fsp3) is 0.273. The van der Waals surface area contributed by atoms with E-state index in [-0.39, 0.29) is 11.5 Å². The standard InChI is InChI=1S/C22H22O4/c1-11-4-15(6-14-7-18(23)22(25)19(24)8-14)21-12(2)5-20-16(9-17(11)21)13(3)10-26-20/h4-5,7-9,13,23-25H,6,10H2,1-3H3. The third kappa shape index (κ3) is 2.53. The molecule has 0 saturated heterocycles. The van der Waals surface area contributed by atoms with Crippen LogP contribution in [0.1, 0.15) is 40.7 Å². The van der Waals surface area contributed by atoms with Crippen LogP contribution in [-0.2, 0) is 6.42 Å². The fourth-order valence-corrected chi connectivity index (χ4v) is 3.95. The van der Waals surface area contributed by atoms with Gasteiger partial charge in [-0.3, -0.25) is 0 Å². The summed E-state index contributed by atoms with van der Waals surface area (Å²) in [7, 11) is 0. The molecule has 1 atom stereocenters. The van der Waals surface area contributed by atoms with Gasteiger partial charge >= 0.3 is 0 Å². The van der Waals surface area contributed by atoms with Crippen LogP contribution >= 0.6 is 0 Å². The zero-order chi connectivity index (χ0) is 18.6. The predicted molar refractivity (Wildman–Crippen MR) is 101 cm³/mol. The summed E-state index contributed by atoms with van der Waals surface area (Å²) in [4.78, 5) is 0. The van der Waals surface area contributed by atoms with Crippen molar-refractivity contribution in [3.05, 3.63) is 58.1 Å². The molecule has 0 radical (unpaired) electrons. The van der Waals surface area contributed by atoms with Gasteiger partial charge in [0.2, 0.25) is 0 Å². The molecule has 0 spiro atoms. The maximum atomic E-state index is 9.79. The van der Waals surface area contributed by atoms with Gasteiger partial charge in [0.05, 0.1) is 6.61 Å². The van der Waals surface area contributed by atoms with Crippen LogP contribution in [0.2, 0.25) is 0 Å². The predicted octanol–water partition coefficient (Wildman–Crippen LogP) is 4.61. The highest BCUT2D eigenvalue weighted by molar-refractivity contribution is 5.79. The molecule has 26 heavy (non-hydrogen) atoms. The Morgan fingerprint density at radius 3 is 2.35 bits per heavy atom. The molecule has 3 N–H and O–H groups in total. The van der Waals surface area contributed by atoms with Gasteiger partial charge < -0.3 is 20.1 Å². The number of ether oxygens (including phenoxy) is 1. The number of phenolic OH excluding ortho intramolecular Hbond substituents is 3. The molecule has 0 amide bonds. The highest BCUT2D eigenvalue weighted by atomic mass is 16.5. The van der Waals surface area contributed by atoms with E-state index in [1.54, 1.807) is 0 Å². The van der Waals surface area contributed by atoms with E-state index >= 15 is 0 Å². The Balaban J connectivity index is 1.84. The first kappa shape index (κ1) is 16.6. The Morgan fingerprint density at radius 1 is 0.962 bits per heavy atom. The monoisotopic (exact) mass is 350 g/mol. The Kier molecular flexibility index (Phi) is 3.72. The van der Waals surface area contributed by atoms with Crippen molar-refractivity contribution < 1.29 is 20.1 Å². The summed E-state index contributed by atoms with van der Waals surface area (Å²) in [5.41, 5.74) is 7.84. The fourth-order valence-electron chi connectivity index (χ4n) is 3.95. The van der Waals surface area contributed by atoms with Crippen LogP contribution in [0.25, 0.3) is 11.1 Å². The molecular weight excluding hydrogens is 328 g/mol. The third-order valence-corrected chi connectivity index (χ3v) is 5.28. The molecule has 0 saturated carbocycles. The van der Waals surface area contributed by atoms with Crippen molar-refractivity contribution >= 4 is 0 Å². The molecule has 0 fully saturated rings. The Hall–Kier alpha value is -2.88. The van der Waals surface area contributed by atoms with E-state index in [0.717, 1.165) is 29.0 Å². The summed E-state index contributed by atoms with van der Waals surface area (Å²) in [6.07, 6.45) is 0.553. The molecule has 0 aromatic heterocycles. The largest absolute Gasteiger partial charge is 0.504 e. The normalized spacial score (nSPS) is 15.9. The molecule has 4 heteroatoms. The van der Waals surface area contributed by atoms with Gasteiger partial charge in [0.25, 0.3) is 0 Å². The smallest absolute Gasteiger partial charge is 0.200 e. The molecule has 1 aliphatic heterocycles. The Bertz CT molecular complexity index is 967. The van der Waals surface area contributed by atoms with Crippen LogP contribution in [0, 0.1) is 13.8 Å². The van der Waals surface area contributed by atoms with Crippen molar-refractivity contribution in [2.24, 2.45) is 0 Å². The Morgan fingerprint density at radius 2 is 1.65 bits per heavy atom. The molecule has 1 aromatic carbocycles. The van der Waals surface area contributed by atoms with E-state index < -0.39 is 5.75 Å². The van der Waals surface area contributed by atoms with Crippen LogP contribution < -0.4 is 4.74 Å². The SMILES string of the molecule is Cc1cc(Cc2cc(O)c(O)c(O)c2)c2c(C)cc3c(cc1-2)C(C)CO3. The molecule has 1 heterocycles. The van der Waals surface area contributed by atoms with Crippen LogP contribution in [0.3, 0.4) is 0 Å². The molecule has 134 valence electrons. The third-order valence-electron chi connectivity index (χ3n) is 5.28. The zero-order valence-corrected chi connectivity index (χ0v) is 15.1. The van der Waals surface area contributed by atoms with Crippen LogP contribution in [0.4, 0.5) is 0 Å². The minimum atomic E-state index is -0.484. The maximum Gasteiger partial charge on any atom is 0.200 e. The van der Waals surface area contributed by atoms with Gasteiger partial charge in [-0.05, 0) is 77.9 Å². The summed E-state index contributed by atoms with van der Waals surface area (Å²) in [6.45, 7) is 7.08. The van der Waals surface area contributed by atoms with Crippen LogP contribution in [0.15, 0.2) is 30.3 Å². The number of fused-ring (bicyclic) bond motifs is 2. The van der Waals surface area contributed by atoms with Gasteiger partial charge in [0.15, 0.2) is 17.2 Å².